The molecule has 0 aliphatic heterocycles. The molecule has 19 heavy (non-hydrogen) atoms. The maximum absolute atomic E-state index is 13.5. The summed E-state index contributed by atoms with van der Waals surface area (Å²) in [5.41, 5.74) is 4.44. The summed E-state index contributed by atoms with van der Waals surface area (Å²) in [7, 11) is 2.01. The standard InChI is InChI=1S/C17H18FN/c1-12-8-14(11-16(18)9-12)13-4-3-5-15(10-13)17(19-2)6-7-17/h3-5,8-11,19H,6-7H2,1-2H3. The number of rotatable bonds is 3. The Hall–Kier alpha value is -1.67. The maximum Gasteiger partial charge on any atom is 0.124 e. The summed E-state index contributed by atoms with van der Waals surface area (Å²) >= 11 is 0. The van der Waals surface area contributed by atoms with E-state index in [9.17, 15) is 4.39 Å². The molecule has 98 valence electrons. The minimum absolute atomic E-state index is 0.151. The average molecular weight is 255 g/mol. The van der Waals surface area contributed by atoms with Crippen molar-refractivity contribution >= 4 is 0 Å². The van der Waals surface area contributed by atoms with Crippen molar-refractivity contribution < 1.29 is 4.39 Å². The zero-order valence-corrected chi connectivity index (χ0v) is 11.3. The second-order valence-corrected chi connectivity index (χ2v) is 5.43. The molecule has 1 fully saturated rings. The molecular weight excluding hydrogens is 237 g/mol. The molecule has 0 heterocycles. The Bertz CT molecular complexity index is 594. The molecule has 0 amide bonds. The van der Waals surface area contributed by atoms with Crippen molar-refractivity contribution in [2.75, 3.05) is 7.05 Å². The molecule has 1 saturated carbocycles. The second kappa shape index (κ2) is 4.46. The van der Waals surface area contributed by atoms with Gasteiger partial charge in [-0.15, -0.1) is 0 Å². The number of halogens is 1. The molecule has 3 rings (SSSR count). The number of hydrogen-bond donors (Lipinski definition) is 1. The molecule has 0 bridgehead atoms. The summed E-state index contributed by atoms with van der Waals surface area (Å²) in [6.45, 7) is 1.92. The van der Waals surface area contributed by atoms with Crippen LogP contribution in [0.3, 0.4) is 0 Å². The Kier molecular flexibility index (Phi) is 2.90. The highest BCUT2D eigenvalue weighted by Crippen LogP contribution is 2.45. The van der Waals surface area contributed by atoms with Gasteiger partial charge in [-0.05, 0) is 67.3 Å². The van der Waals surface area contributed by atoms with E-state index in [4.69, 9.17) is 0 Å². The van der Waals surface area contributed by atoms with Crippen molar-refractivity contribution in [3.63, 3.8) is 0 Å². The molecule has 0 atom stereocenters. The molecule has 1 aliphatic rings. The van der Waals surface area contributed by atoms with Gasteiger partial charge in [0.2, 0.25) is 0 Å². The van der Waals surface area contributed by atoms with Crippen LogP contribution >= 0.6 is 0 Å². The van der Waals surface area contributed by atoms with Crippen LogP contribution in [0.1, 0.15) is 24.0 Å². The number of hydrogen-bond acceptors (Lipinski definition) is 1. The molecular formula is C17H18FN. The third-order valence-corrected chi connectivity index (χ3v) is 4.02. The van der Waals surface area contributed by atoms with Gasteiger partial charge in [0.25, 0.3) is 0 Å². The smallest absolute Gasteiger partial charge is 0.124 e. The topological polar surface area (TPSA) is 12.0 Å². The summed E-state index contributed by atoms with van der Waals surface area (Å²) in [6.07, 6.45) is 2.35. The lowest BCUT2D eigenvalue weighted by molar-refractivity contribution is 0.586. The lowest BCUT2D eigenvalue weighted by atomic mass is 9.97. The lowest BCUT2D eigenvalue weighted by Crippen LogP contribution is -2.24. The van der Waals surface area contributed by atoms with Crippen molar-refractivity contribution in [1.29, 1.82) is 0 Å². The average Bonchev–Trinajstić information content (AvgIpc) is 3.19. The minimum atomic E-state index is -0.171. The van der Waals surface area contributed by atoms with Crippen molar-refractivity contribution in [2.24, 2.45) is 0 Å². The molecule has 0 radical (unpaired) electrons. The zero-order valence-electron chi connectivity index (χ0n) is 11.3. The predicted molar refractivity (Wildman–Crippen MR) is 76.5 cm³/mol. The first kappa shape index (κ1) is 12.4. The first-order valence-electron chi connectivity index (χ1n) is 6.70. The second-order valence-electron chi connectivity index (χ2n) is 5.43. The number of benzene rings is 2. The van der Waals surface area contributed by atoms with Crippen LogP contribution < -0.4 is 5.32 Å². The highest BCUT2D eigenvalue weighted by Gasteiger charge is 2.42. The van der Waals surface area contributed by atoms with Crippen molar-refractivity contribution in [3.05, 3.63) is 59.4 Å². The van der Waals surface area contributed by atoms with Crippen molar-refractivity contribution in [3.8, 4) is 11.1 Å². The van der Waals surface area contributed by atoms with Gasteiger partial charge in [0.05, 0.1) is 0 Å². The quantitative estimate of drug-likeness (QED) is 0.873. The summed E-state index contributed by atoms with van der Waals surface area (Å²) < 4.78 is 13.5. The summed E-state index contributed by atoms with van der Waals surface area (Å²) in [5.74, 6) is -0.171. The molecule has 1 nitrogen and oxygen atoms in total. The van der Waals surface area contributed by atoms with Crippen LogP contribution in [0.2, 0.25) is 0 Å². The van der Waals surface area contributed by atoms with E-state index in [1.807, 2.05) is 26.1 Å². The summed E-state index contributed by atoms with van der Waals surface area (Å²) in [5, 5.41) is 3.40. The predicted octanol–water partition coefficient (Wildman–Crippen LogP) is 4.01. The van der Waals surface area contributed by atoms with Gasteiger partial charge in [0.15, 0.2) is 0 Å². The Morgan fingerprint density at radius 1 is 1.05 bits per heavy atom. The van der Waals surface area contributed by atoms with Crippen LogP contribution in [0.25, 0.3) is 11.1 Å². The van der Waals surface area contributed by atoms with E-state index in [1.54, 1.807) is 12.1 Å². The minimum Gasteiger partial charge on any atom is -0.310 e. The normalized spacial score (nSPS) is 16.4. The van der Waals surface area contributed by atoms with Crippen LogP contribution in [0.4, 0.5) is 4.39 Å². The van der Waals surface area contributed by atoms with Gasteiger partial charge >= 0.3 is 0 Å². The maximum atomic E-state index is 13.5. The van der Waals surface area contributed by atoms with E-state index in [0.29, 0.717) is 0 Å². The van der Waals surface area contributed by atoms with E-state index in [2.05, 4.69) is 23.5 Å². The monoisotopic (exact) mass is 255 g/mol. The van der Waals surface area contributed by atoms with Crippen LogP contribution in [-0.4, -0.2) is 7.05 Å². The van der Waals surface area contributed by atoms with E-state index in [0.717, 1.165) is 16.7 Å². The Morgan fingerprint density at radius 3 is 2.47 bits per heavy atom. The Morgan fingerprint density at radius 2 is 1.84 bits per heavy atom. The van der Waals surface area contributed by atoms with Crippen LogP contribution in [-0.2, 0) is 5.54 Å². The highest BCUT2D eigenvalue weighted by atomic mass is 19.1. The van der Waals surface area contributed by atoms with Crippen LogP contribution in [0.5, 0.6) is 0 Å². The fraction of sp³-hybridized carbons (Fsp3) is 0.294. The van der Waals surface area contributed by atoms with Gasteiger partial charge in [0.1, 0.15) is 5.82 Å². The molecule has 0 saturated heterocycles. The molecule has 0 unspecified atom stereocenters. The van der Waals surface area contributed by atoms with Gasteiger partial charge < -0.3 is 5.32 Å². The van der Waals surface area contributed by atoms with Crippen LogP contribution in [0.15, 0.2) is 42.5 Å². The van der Waals surface area contributed by atoms with Gasteiger partial charge in [-0.2, -0.15) is 0 Å². The molecule has 2 aromatic rings. The number of aryl methyl sites for hydroxylation is 1. The van der Waals surface area contributed by atoms with Crippen molar-refractivity contribution in [2.45, 2.75) is 25.3 Å². The SMILES string of the molecule is CNC1(c2cccc(-c3cc(C)cc(F)c3)c2)CC1. The first-order chi connectivity index (χ1) is 9.13. The van der Waals surface area contributed by atoms with Gasteiger partial charge in [-0.3, -0.25) is 0 Å². The fourth-order valence-corrected chi connectivity index (χ4v) is 2.71. The van der Waals surface area contributed by atoms with Gasteiger partial charge in [0, 0.05) is 5.54 Å². The summed E-state index contributed by atoms with van der Waals surface area (Å²) in [4.78, 5) is 0. The summed E-state index contributed by atoms with van der Waals surface area (Å²) in [6, 6.07) is 13.6. The highest BCUT2D eigenvalue weighted by molar-refractivity contribution is 5.65. The largest absolute Gasteiger partial charge is 0.310 e. The molecule has 1 aliphatic carbocycles. The van der Waals surface area contributed by atoms with E-state index in [-0.39, 0.29) is 11.4 Å². The van der Waals surface area contributed by atoms with E-state index < -0.39 is 0 Å². The van der Waals surface area contributed by atoms with E-state index >= 15 is 0 Å². The first-order valence-corrected chi connectivity index (χ1v) is 6.70. The molecule has 2 heteroatoms. The fourth-order valence-electron chi connectivity index (χ4n) is 2.71. The number of nitrogens with one attached hydrogen (secondary N) is 1. The van der Waals surface area contributed by atoms with Gasteiger partial charge in [-0.25, -0.2) is 4.39 Å². The Labute approximate surface area is 113 Å². The lowest BCUT2D eigenvalue weighted by Gasteiger charge is -2.16. The molecule has 2 aromatic carbocycles. The zero-order chi connectivity index (χ0) is 13.5. The molecule has 0 spiro atoms. The van der Waals surface area contributed by atoms with Crippen molar-refractivity contribution in [1.82, 2.24) is 5.32 Å². The van der Waals surface area contributed by atoms with E-state index in [1.165, 1.54) is 18.4 Å². The molecule has 1 N–H and O–H groups in total. The Balaban J connectivity index is 2.04. The third kappa shape index (κ3) is 2.28. The van der Waals surface area contributed by atoms with Crippen LogP contribution in [0, 0.1) is 12.7 Å². The van der Waals surface area contributed by atoms with Gasteiger partial charge in [-0.1, -0.05) is 24.3 Å². The third-order valence-electron chi connectivity index (χ3n) is 4.02. The molecule has 0 aromatic heterocycles.